The van der Waals surface area contributed by atoms with Gasteiger partial charge in [0.25, 0.3) is 5.91 Å². The molecule has 1 rings (SSSR count). The Bertz CT molecular complexity index is 581. The molecule has 1 aromatic rings. The number of carbonyl (C=O) groups excluding carboxylic acids is 3. The maximum absolute atomic E-state index is 12.4. The molecule has 7 nitrogen and oxygen atoms in total. The van der Waals surface area contributed by atoms with Crippen LogP contribution in [0.15, 0.2) is 30.3 Å². The van der Waals surface area contributed by atoms with E-state index < -0.39 is 35.5 Å². The standard InChI is InChI=1S/C17H25N3O4/c1-17(2,3)24-16(23)13(9-11-7-5-4-6-8-11)20-15(22)12(18)10-14(19)21/h4-8,12-13H,9-10,18H2,1-3H3,(H2,19,21)(H,20,22)/p+1/t12-,13+/m0/s1. The van der Waals surface area contributed by atoms with E-state index in [-0.39, 0.29) is 12.8 Å². The zero-order valence-electron chi connectivity index (χ0n) is 14.4. The second-order valence-electron chi connectivity index (χ2n) is 6.65. The second kappa shape index (κ2) is 8.44. The van der Waals surface area contributed by atoms with Crippen molar-refractivity contribution in [3.8, 4) is 0 Å². The summed E-state index contributed by atoms with van der Waals surface area (Å²) in [7, 11) is 0. The van der Waals surface area contributed by atoms with Crippen LogP contribution in [0.3, 0.4) is 0 Å². The van der Waals surface area contributed by atoms with Crippen molar-refractivity contribution in [2.75, 3.05) is 0 Å². The molecule has 0 heterocycles. The van der Waals surface area contributed by atoms with Crippen molar-refractivity contribution in [2.24, 2.45) is 5.73 Å². The maximum Gasteiger partial charge on any atom is 0.329 e. The highest BCUT2D eigenvalue weighted by atomic mass is 16.6. The van der Waals surface area contributed by atoms with Crippen molar-refractivity contribution in [2.45, 2.75) is 51.3 Å². The number of amides is 2. The molecular weight excluding hydrogens is 310 g/mol. The van der Waals surface area contributed by atoms with Crippen LogP contribution in [0.1, 0.15) is 32.8 Å². The number of nitrogens with one attached hydrogen (secondary N) is 1. The molecule has 0 saturated heterocycles. The molecule has 0 aromatic heterocycles. The summed E-state index contributed by atoms with van der Waals surface area (Å²) in [5, 5.41) is 2.61. The van der Waals surface area contributed by atoms with Crippen molar-refractivity contribution in [3.05, 3.63) is 35.9 Å². The molecule has 0 radical (unpaired) electrons. The van der Waals surface area contributed by atoms with Crippen LogP contribution in [0.5, 0.6) is 0 Å². The molecule has 2 amide bonds. The van der Waals surface area contributed by atoms with Gasteiger partial charge in [-0.3, -0.25) is 9.59 Å². The third kappa shape index (κ3) is 7.23. The SMILES string of the molecule is CC(C)(C)OC(=O)[C@@H](Cc1ccccc1)NC(=O)[C@@H]([NH3+])CC(N)=O. The van der Waals surface area contributed by atoms with Gasteiger partial charge in [-0.25, -0.2) is 4.79 Å². The van der Waals surface area contributed by atoms with E-state index in [0.29, 0.717) is 0 Å². The molecule has 0 unspecified atom stereocenters. The molecule has 0 fully saturated rings. The normalized spacial score (nSPS) is 13.7. The Morgan fingerprint density at radius 1 is 1.21 bits per heavy atom. The summed E-state index contributed by atoms with van der Waals surface area (Å²) in [5.74, 6) is -1.67. The Labute approximate surface area is 141 Å². The first kappa shape index (κ1) is 19.6. The number of ether oxygens (including phenoxy) is 1. The molecule has 132 valence electrons. The number of carbonyl (C=O) groups is 3. The largest absolute Gasteiger partial charge is 0.458 e. The first-order valence-electron chi connectivity index (χ1n) is 7.77. The molecule has 0 spiro atoms. The topological polar surface area (TPSA) is 126 Å². The van der Waals surface area contributed by atoms with E-state index in [4.69, 9.17) is 10.5 Å². The molecule has 6 N–H and O–H groups in total. The number of quaternary nitrogens is 1. The van der Waals surface area contributed by atoms with Gasteiger partial charge in [0.1, 0.15) is 11.6 Å². The van der Waals surface area contributed by atoms with Crippen molar-refractivity contribution in [3.63, 3.8) is 0 Å². The van der Waals surface area contributed by atoms with Gasteiger partial charge in [0.15, 0.2) is 6.04 Å². The van der Waals surface area contributed by atoms with Gasteiger partial charge in [-0.2, -0.15) is 0 Å². The number of esters is 1. The van der Waals surface area contributed by atoms with Gasteiger partial charge < -0.3 is 21.5 Å². The highest BCUT2D eigenvalue weighted by molar-refractivity contribution is 5.90. The number of benzene rings is 1. The minimum Gasteiger partial charge on any atom is -0.458 e. The lowest BCUT2D eigenvalue weighted by Gasteiger charge is -2.25. The first-order valence-corrected chi connectivity index (χ1v) is 7.77. The van der Waals surface area contributed by atoms with E-state index in [1.165, 1.54) is 0 Å². The third-order valence-corrected chi connectivity index (χ3v) is 3.11. The highest BCUT2D eigenvalue weighted by Gasteiger charge is 2.30. The number of nitrogens with two attached hydrogens (primary N) is 1. The van der Waals surface area contributed by atoms with Crippen molar-refractivity contribution in [1.82, 2.24) is 5.32 Å². The Morgan fingerprint density at radius 3 is 2.29 bits per heavy atom. The summed E-state index contributed by atoms with van der Waals surface area (Å²) in [4.78, 5) is 35.5. The fourth-order valence-corrected chi connectivity index (χ4v) is 2.04. The van der Waals surface area contributed by atoms with Crippen LogP contribution in [-0.2, 0) is 25.5 Å². The Hall–Kier alpha value is -2.41. The first-order chi connectivity index (χ1) is 11.1. The average Bonchev–Trinajstić information content (AvgIpc) is 2.45. The van der Waals surface area contributed by atoms with E-state index in [1.807, 2.05) is 30.3 Å². The Balaban J connectivity index is 2.86. The molecule has 0 saturated carbocycles. The van der Waals surface area contributed by atoms with E-state index in [9.17, 15) is 14.4 Å². The van der Waals surface area contributed by atoms with Gasteiger partial charge in [-0.05, 0) is 26.3 Å². The zero-order chi connectivity index (χ0) is 18.3. The smallest absolute Gasteiger partial charge is 0.329 e. The van der Waals surface area contributed by atoms with Crippen LogP contribution in [0.4, 0.5) is 0 Å². The Morgan fingerprint density at radius 2 is 1.79 bits per heavy atom. The minimum atomic E-state index is -0.865. The fourth-order valence-electron chi connectivity index (χ4n) is 2.04. The zero-order valence-corrected chi connectivity index (χ0v) is 14.4. The number of primary amides is 1. The van der Waals surface area contributed by atoms with E-state index in [1.54, 1.807) is 20.8 Å². The lowest BCUT2D eigenvalue weighted by molar-refractivity contribution is -0.402. The molecule has 7 heteroatoms. The van der Waals surface area contributed by atoms with E-state index in [0.717, 1.165) is 5.56 Å². The minimum absolute atomic E-state index is 0.182. The van der Waals surface area contributed by atoms with Gasteiger partial charge in [-0.1, -0.05) is 30.3 Å². The average molecular weight is 336 g/mol. The Kier molecular flexibility index (Phi) is 6.91. The summed E-state index contributed by atoms with van der Waals surface area (Å²) in [6.45, 7) is 5.26. The molecule has 0 aliphatic heterocycles. The quantitative estimate of drug-likeness (QED) is 0.582. The number of hydrogen-bond donors (Lipinski definition) is 3. The van der Waals surface area contributed by atoms with Crippen molar-refractivity contribution < 1.29 is 24.9 Å². The predicted molar refractivity (Wildman–Crippen MR) is 88.4 cm³/mol. The van der Waals surface area contributed by atoms with E-state index in [2.05, 4.69) is 11.1 Å². The molecule has 1 aromatic carbocycles. The van der Waals surface area contributed by atoms with Crippen LogP contribution in [0.2, 0.25) is 0 Å². The van der Waals surface area contributed by atoms with Gasteiger partial charge in [0.2, 0.25) is 5.91 Å². The maximum atomic E-state index is 12.4. The molecule has 0 aliphatic carbocycles. The number of hydrogen-bond acceptors (Lipinski definition) is 4. The summed E-state index contributed by atoms with van der Waals surface area (Å²) in [6.07, 6.45) is 0.100. The van der Waals surface area contributed by atoms with Crippen molar-refractivity contribution in [1.29, 1.82) is 0 Å². The monoisotopic (exact) mass is 336 g/mol. The summed E-state index contributed by atoms with van der Waals surface area (Å²) < 4.78 is 5.37. The van der Waals surface area contributed by atoms with Crippen LogP contribution in [0, 0.1) is 0 Å². The third-order valence-electron chi connectivity index (χ3n) is 3.11. The molecule has 0 aliphatic rings. The van der Waals surface area contributed by atoms with Crippen LogP contribution in [0.25, 0.3) is 0 Å². The van der Waals surface area contributed by atoms with Gasteiger partial charge in [0, 0.05) is 6.42 Å². The summed E-state index contributed by atoms with van der Waals surface area (Å²) in [6, 6.07) is 7.55. The van der Waals surface area contributed by atoms with Gasteiger partial charge in [0.05, 0.1) is 6.42 Å². The number of rotatable bonds is 7. The molecular formula is C17H26N3O4+. The second-order valence-corrected chi connectivity index (χ2v) is 6.65. The summed E-state index contributed by atoms with van der Waals surface area (Å²) >= 11 is 0. The lowest BCUT2D eigenvalue weighted by Crippen LogP contribution is -2.69. The van der Waals surface area contributed by atoms with Crippen LogP contribution < -0.4 is 16.8 Å². The molecule has 0 bridgehead atoms. The highest BCUT2D eigenvalue weighted by Crippen LogP contribution is 2.11. The van der Waals surface area contributed by atoms with Crippen LogP contribution >= 0.6 is 0 Å². The predicted octanol–water partition coefficient (Wildman–Crippen LogP) is -0.458. The van der Waals surface area contributed by atoms with E-state index >= 15 is 0 Å². The van der Waals surface area contributed by atoms with Gasteiger partial charge >= 0.3 is 5.97 Å². The lowest BCUT2D eigenvalue weighted by atomic mass is 10.0. The fraction of sp³-hybridized carbons (Fsp3) is 0.471. The van der Waals surface area contributed by atoms with Crippen LogP contribution in [-0.4, -0.2) is 35.5 Å². The van der Waals surface area contributed by atoms with Crippen molar-refractivity contribution >= 4 is 17.8 Å². The summed E-state index contributed by atoms with van der Waals surface area (Å²) in [5.41, 5.74) is 8.89. The molecule has 2 atom stereocenters. The molecule has 24 heavy (non-hydrogen) atoms. The van der Waals surface area contributed by atoms with Gasteiger partial charge in [-0.15, -0.1) is 0 Å².